The zero-order chi connectivity index (χ0) is 45.8. The minimum atomic E-state index is -0.448. The summed E-state index contributed by atoms with van der Waals surface area (Å²) in [6, 6.07) is 90.3. The Bertz CT molecular complexity index is 3970. The first-order chi connectivity index (χ1) is 34.1. The third-order valence-corrected chi connectivity index (χ3v) is 15.2. The van der Waals surface area contributed by atoms with Gasteiger partial charge in [0.25, 0.3) is 0 Å². The molecule has 2 aliphatic carbocycles. The fourth-order valence-corrected chi connectivity index (χ4v) is 12.3. The lowest BCUT2D eigenvalue weighted by atomic mass is 9.70. The molecular formula is C67H46N2. The van der Waals surface area contributed by atoms with E-state index in [1.807, 2.05) is 0 Å². The molecule has 0 N–H and O–H groups in total. The molecule has 14 rings (SSSR count). The van der Waals surface area contributed by atoms with E-state index in [4.69, 9.17) is 0 Å². The number of hydrogen-bond acceptors (Lipinski definition) is 1. The van der Waals surface area contributed by atoms with Crippen LogP contribution in [0.15, 0.2) is 243 Å². The van der Waals surface area contributed by atoms with Crippen molar-refractivity contribution in [3.05, 3.63) is 276 Å². The van der Waals surface area contributed by atoms with E-state index in [1.165, 1.54) is 116 Å². The van der Waals surface area contributed by atoms with Crippen molar-refractivity contribution < 1.29 is 0 Å². The molecule has 0 radical (unpaired) electrons. The predicted molar refractivity (Wildman–Crippen MR) is 290 cm³/mol. The molecule has 1 spiro atoms. The lowest BCUT2D eigenvalue weighted by Gasteiger charge is -2.33. The van der Waals surface area contributed by atoms with Gasteiger partial charge in [0.15, 0.2) is 0 Å². The number of para-hydroxylation sites is 2. The number of fused-ring (bicyclic) bond motifs is 14. The molecule has 1 heterocycles. The molecule has 0 aliphatic heterocycles. The van der Waals surface area contributed by atoms with Gasteiger partial charge in [-0.05, 0) is 169 Å². The third-order valence-electron chi connectivity index (χ3n) is 15.2. The van der Waals surface area contributed by atoms with Crippen LogP contribution < -0.4 is 4.90 Å². The number of anilines is 3. The second-order valence-corrected chi connectivity index (χ2v) is 18.9. The van der Waals surface area contributed by atoms with Gasteiger partial charge in [-0.15, -0.1) is 0 Å². The number of benzene rings is 11. The van der Waals surface area contributed by atoms with Crippen LogP contribution in [-0.4, -0.2) is 4.57 Å². The lowest BCUT2D eigenvalue weighted by Crippen LogP contribution is -2.26. The van der Waals surface area contributed by atoms with Crippen LogP contribution in [0.3, 0.4) is 0 Å². The zero-order valence-electron chi connectivity index (χ0n) is 38.5. The second-order valence-electron chi connectivity index (χ2n) is 18.9. The van der Waals surface area contributed by atoms with Crippen molar-refractivity contribution in [3.8, 4) is 50.2 Å². The summed E-state index contributed by atoms with van der Waals surface area (Å²) < 4.78 is 2.39. The summed E-state index contributed by atoms with van der Waals surface area (Å²) >= 11 is 0. The summed E-state index contributed by atoms with van der Waals surface area (Å²) in [5.74, 6) is 0. The monoisotopic (exact) mass is 878 g/mol. The van der Waals surface area contributed by atoms with E-state index in [1.54, 1.807) is 0 Å². The van der Waals surface area contributed by atoms with Crippen LogP contribution >= 0.6 is 0 Å². The standard InChI is InChI=1S/C67H46N2/c1-43-40-66(44(2)39-58(43)47-33-38-65-59(41-47)57-25-11-15-30-64(57)69(65)48-19-4-3-5-20-48)68(49-34-31-46(32-35-49)52-26-16-18-45-17-6-7-21-51(45)52)50-36-37-56-55-24-10-14-29-62(55)67(63(56)42-50)60-27-12-8-22-53(60)54-23-9-13-28-61(54)67/h3-42H,1-2H3. The first kappa shape index (κ1) is 39.4. The predicted octanol–water partition coefficient (Wildman–Crippen LogP) is 17.7. The quantitative estimate of drug-likeness (QED) is 0.162. The smallest absolute Gasteiger partial charge is 0.0726 e. The van der Waals surface area contributed by atoms with Crippen LogP contribution in [0.25, 0.3) is 82.8 Å². The van der Waals surface area contributed by atoms with Gasteiger partial charge in [0, 0.05) is 33.5 Å². The van der Waals surface area contributed by atoms with Gasteiger partial charge in [0.1, 0.15) is 0 Å². The van der Waals surface area contributed by atoms with E-state index in [9.17, 15) is 0 Å². The number of hydrogen-bond donors (Lipinski definition) is 0. The maximum absolute atomic E-state index is 2.51. The molecule has 0 atom stereocenters. The molecule has 11 aromatic carbocycles. The fourth-order valence-electron chi connectivity index (χ4n) is 12.3. The van der Waals surface area contributed by atoms with Crippen molar-refractivity contribution in [3.63, 3.8) is 0 Å². The van der Waals surface area contributed by atoms with Crippen molar-refractivity contribution in [2.24, 2.45) is 0 Å². The normalized spacial score (nSPS) is 12.9. The minimum absolute atomic E-state index is 0.448. The Kier molecular flexibility index (Phi) is 8.66. The van der Waals surface area contributed by atoms with Gasteiger partial charge in [-0.2, -0.15) is 0 Å². The number of aryl methyl sites for hydroxylation is 2. The molecule has 2 heteroatoms. The Morgan fingerprint density at radius 1 is 0.333 bits per heavy atom. The van der Waals surface area contributed by atoms with Gasteiger partial charge in [-0.3, -0.25) is 0 Å². The summed E-state index contributed by atoms with van der Waals surface area (Å²) in [4.78, 5) is 2.50. The second kappa shape index (κ2) is 15.2. The maximum atomic E-state index is 2.51. The molecule has 324 valence electrons. The topological polar surface area (TPSA) is 8.17 Å². The van der Waals surface area contributed by atoms with Gasteiger partial charge in [-0.1, -0.05) is 176 Å². The SMILES string of the molecule is Cc1cc(N(c2ccc(-c3cccc4ccccc34)cc2)c2ccc3c(c2)C2(c4ccccc4-c4ccccc42)c2ccccc2-3)c(C)cc1-c1ccc2c(c1)c1ccccc1n2-c1ccccc1. The van der Waals surface area contributed by atoms with Gasteiger partial charge in [0.05, 0.1) is 16.4 Å². The summed E-state index contributed by atoms with van der Waals surface area (Å²) in [5.41, 5.74) is 24.4. The summed E-state index contributed by atoms with van der Waals surface area (Å²) in [5, 5.41) is 5.02. The first-order valence-corrected chi connectivity index (χ1v) is 24.1. The molecule has 0 unspecified atom stereocenters. The molecule has 1 aromatic heterocycles. The highest BCUT2D eigenvalue weighted by atomic mass is 15.1. The Hall–Kier alpha value is -8.72. The Morgan fingerprint density at radius 3 is 1.61 bits per heavy atom. The highest BCUT2D eigenvalue weighted by Gasteiger charge is 2.51. The molecule has 2 nitrogen and oxygen atoms in total. The van der Waals surface area contributed by atoms with Crippen LogP contribution in [0.4, 0.5) is 17.1 Å². The fraction of sp³-hybridized carbons (Fsp3) is 0.0448. The summed E-state index contributed by atoms with van der Waals surface area (Å²) in [6.07, 6.45) is 0. The van der Waals surface area contributed by atoms with Crippen LogP contribution in [0.5, 0.6) is 0 Å². The number of aromatic nitrogens is 1. The van der Waals surface area contributed by atoms with Gasteiger partial charge in [-0.25, -0.2) is 0 Å². The third kappa shape index (κ3) is 5.73. The van der Waals surface area contributed by atoms with Crippen molar-refractivity contribution in [1.82, 2.24) is 4.57 Å². The number of rotatable bonds is 6. The average Bonchev–Trinajstić information content (AvgIpc) is 4.01. The van der Waals surface area contributed by atoms with Crippen molar-refractivity contribution in [2.45, 2.75) is 19.3 Å². The van der Waals surface area contributed by atoms with Crippen molar-refractivity contribution in [1.29, 1.82) is 0 Å². The average molecular weight is 879 g/mol. The summed E-state index contributed by atoms with van der Waals surface area (Å²) in [6.45, 7) is 4.56. The molecule has 0 bridgehead atoms. The van der Waals surface area contributed by atoms with Gasteiger partial charge in [0.2, 0.25) is 0 Å². The van der Waals surface area contributed by atoms with E-state index >= 15 is 0 Å². The molecule has 0 amide bonds. The first-order valence-electron chi connectivity index (χ1n) is 24.1. The van der Waals surface area contributed by atoms with Crippen LogP contribution in [0.1, 0.15) is 33.4 Å². The molecule has 12 aromatic rings. The number of nitrogens with zero attached hydrogens (tertiary/aromatic N) is 2. The Labute approximate surface area is 402 Å². The van der Waals surface area contributed by atoms with Crippen molar-refractivity contribution >= 4 is 49.6 Å². The Balaban J connectivity index is 0.959. The van der Waals surface area contributed by atoms with E-state index in [-0.39, 0.29) is 0 Å². The highest BCUT2D eigenvalue weighted by Crippen LogP contribution is 2.63. The molecule has 0 saturated carbocycles. The van der Waals surface area contributed by atoms with E-state index in [2.05, 4.69) is 266 Å². The van der Waals surface area contributed by atoms with Crippen molar-refractivity contribution in [2.75, 3.05) is 4.90 Å². The van der Waals surface area contributed by atoms with E-state index in [0.29, 0.717) is 0 Å². The van der Waals surface area contributed by atoms with Crippen LogP contribution in [0, 0.1) is 13.8 Å². The Morgan fingerprint density at radius 2 is 0.884 bits per heavy atom. The molecule has 2 aliphatic rings. The van der Waals surface area contributed by atoms with E-state index in [0.717, 1.165) is 17.1 Å². The van der Waals surface area contributed by atoms with Crippen LogP contribution in [-0.2, 0) is 5.41 Å². The van der Waals surface area contributed by atoms with Gasteiger partial charge < -0.3 is 9.47 Å². The zero-order valence-corrected chi connectivity index (χ0v) is 38.5. The van der Waals surface area contributed by atoms with E-state index < -0.39 is 5.41 Å². The molecule has 0 saturated heterocycles. The minimum Gasteiger partial charge on any atom is -0.310 e. The largest absolute Gasteiger partial charge is 0.310 e. The molecular weight excluding hydrogens is 833 g/mol. The van der Waals surface area contributed by atoms with Gasteiger partial charge >= 0.3 is 0 Å². The summed E-state index contributed by atoms with van der Waals surface area (Å²) in [7, 11) is 0. The highest BCUT2D eigenvalue weighted by molar-refractivity contribution is 6.10. The molecule has 0 fully saturated rings. The lowest BCUT2D eigenvalue weighted by molar-refractivity contribution is 0.793. The maximum Gasteiger partial charge on any atom is 0.0726 e. The van der Waals surface area contributed by atoms with Crippen LogP contribution in [0.2, 0.25) is 0 Å². The molecule has 69 heavy (non-hydrogen) atoms.